The minimum atomic E-state index is -3.76. The minimum Gasteiger partial charge on any atom is -0.488 e. The molecule has 3 amide bonds. The van der Waals surface area contributed by atoms with E-state index in [4.69, 9.17) is 4.74 Å². The Kier molecular flexibility index (Phi) is 9.16. The molecule has 3 rings (SSSR count). The second-order valence-corrected chi connectivity index (χ2v) is 11.7. The minimum absolute atomic E-state index is 0.0458. The summed E-state index contributed by atoms with van der Waals surface area (Å²) in [6, 6.07) is 12.0. The predicted molar refractivity (Wildman–Crippen MR) is 141 cm³/mol. The zero-order valence-electron chi connectivity index (χ0n) is 21.8. The fourth-order valence-corrected chi connectivity index (χ4v) is 5.28. The van der Waals surface area contributed by atoms with Gasteiger partial charge in [0.1, 0.15) is 11.9 Å². The van der Waals surface area contributed by atoms with Crippen molar-refractivity contribution in [3.63, 3.8) is 0 Å². The number of amides is 3. The Morgan fingerprint density at radius 1 is 1.19 bits per heavy atom. The molecule has 1 heterocycles. The van der Waals surface area contributed by atoms with Gasteiger partial charge in [-0.25, -0.2) is 13.2 Å². The zero-order valence-corrected chi connectivity index (χ0v) is 22.7. The van der Waals surface area contributed by atoms with Crippen LogP contribution in [0.4, 0.5) is 10.5 Å². The van der Waals surface area contributed by atoms with E-state index in [1.165, 1.54) is 29.6 Å². The summed E-state index contributed by atoms with van der Waals surface area (Å²) in [7, 11) is -2.26. The topological polar surface area (TPSA) is 128 Å². The van der Waals surface area contributed by atoms with Crippen LogP contribution in [0.2, 0.25) is 0 Å². The molecule has 3 atom stereocenters. The number of hydrogen-bond acceptors (Lipinski definition) is 6. The van der Waals surface area contributed by atoms with Gasteiger partial charge in [0, 0.05) is 31.2 Å². The molecule has 1 aliphatic rings. The summed E-state index contributed by atoms with van der Waals surface area (Å²) in [5.74, 6) is -0.328. The number of anilines is 1. The maximum atomic E-state index is 13.5. The maximum Gasteiger partial charge on any atom is 0.319 e. The third-order valence-electron chi connectivity index (χ3n) is 6.23. The number of ether oxygens (including phenoxy) is 1. The Balaban J connectivity index is 1.95. The molecule has 0 radical (unpaired) electrons. The van der Waals surface area contributed by atoms with Crippen LogP contribution in [0.1, 0.15) is 38.1 Å². The smallest absolute Gasteiger partial charge is 0.319 e. The molecule has 37 heavy (non-hydrogen) atoms. The highest BCUT2D eigenvalue weighted by atomic mass is 32.2. The Hall–Kier alpha value is -3.15. The second-order valence-electron chi connectivity index (χ2n) is 9.69. The van der Waals surface area contributed by atoms with E-state index in [-0.39, 0.29) is 53.8 Å². The first-order valence-electron chi connectivity index (χ1n) is 12.3. The average Bonchev–Trinajstić information content (AvgIpc) is 2.85. The Morgan fingerprint density at radius 3 is 2.49 bits per heavy atom. The number of rotatable bonds is 8. The van der Waals surface area contributed by atoms with E-state index in [1.54, 1.807) is 42.2 Å². The van der Waals surface area contributed by atoms with Gasteiger partial charge in [-0.05, 0) is 51.1 Å². The number of carbonyl (C=O) groups excluding carboxylic acids is 2. The number of fused-ring (bicyclic) bond motifs is 1. The van der Waals surface area contributed by atoms with E-state index < -0.39 is 28.2 Å². The van der Waals surface area contributed by atoms with Gasteiger partial charge in [0.15, 0.2) is 0 Å². The molecule has 3 N–H and O–H groups in total. The van der Waals surface area contributed by atoms with Crippen LogP contribution >= 0.6 is 0 Å². The van der Waals surface area contributed by atoms with Crippen molar-refractivity contribution in [2.45, 2.75) is 50.8 Å². The Morgan fingerprint density at radius 2 is 1.86 bits per heavy atom. The number of aliphatic hydroxyl groups excluding tert-OH is 1. The first-order valence-corrected chi connectivity index (χ1v) is 13.7. The van der Waals surface area contributed by atoms with E-state index in [0.29, 0.717) is 5.69 Å². The molecule has 2 aromatic carbocycles. The van der Waals surface area contributed by atoms with Gasteiger partial charge < -0.3 is 25.4 Å². The normalized spacial score (nSPS) is 19.0. The molecule has 0 spiro atoms. The van der Waals surface area contributed by atoms with E-state index in [2.05, 4.69) is 10.6 Å². The standard InChI is InChI=1S/C26H36N4O6S/c1-17(2)27-26(33)28-20-11-12-23-22(13-20)25(32)30(19(4)16-31)14-18(3)24(36-23)15-29(5)37(34,35)21-9-7-6-8-10-21/h6-13,17-19,24,31H,14-16H2,1-5H3,(H2,27,28,33)/t18-,19-,24+/m1/s1. The van der Waals surface area contributed by atoms with Crippen LogP contribution in [0, 0.1) is 5.92 Å². The predicted octanol–water partition coefficient (Wildman–Crippen LogP) is 2.76. The Labute approximate surface area is 218 Å². The number of urea groups is 1. The van der Waals surface area contributed by atoms with Crippen molar-refractivity contribution in [3.05, 3.63) is 54.1 Å². The number of nitrogens with zero attached hydrogens (tertiary/aromatic N) is 2. The van der Waals surface area contributed by atoms with Crippen LogP contribution in [0.3, 0.4) is 0 Å². The monoisotopic (exact) mass is 532 g/mol. The summed E-state index contributed by atoms with van der Waals surface area (Å²) >= 11 is 0. The molecule has 0 unspecified atom stereocenters. The second kappa shape index (κ2) is 11.9. The van der Waals surface area contributed by atoms with E-state index in [0.717, 1.165) is 0 Å². The molecule has 0 fully saturated rings. The molecular formula is C26H36N4O6S. The van der Waals surface area contributed by atoms with Crippen LogP contribution in [0.5, 0.6) is 5.75 Å². The Bertz CT molecular complexity index is 1200. The molecule has 0 saturated heterocycles. The molecule has 10 nitrogen and oxygen atoms in total. The van der Waals surface area contributed by atoms with Crippen LogP contribution in [0.15, 0.2) is 53.4 Å². The lowest BCUT2D eigenvalue weighted by Crippen LogP contribution is -2.50. The van der Waals surface area contributed by atoms with E-state index in [9.17, 15) is 23.1 Å². The fraction of sp³-hybridized carbons (Fsp3) is 0.462. The lowest BCUT2D eigenvalue weighted by molar-refractivity contribution is 0.0387. The first-order chi connectivity index (χ1) is 17.4. The van der Waals surface area contributed by atoms with Crippen LogP contribution in [-0.4, -0.2) is 79.6 Å². The van der Waals surface area contributed by atoms with Crippen LogP contribution < -0.4 is 15.4 Å². The van der Waals surface area contributed by atoms with Crippen molar-refractivity contribution in [3.8, 4) is 5.75 Å². The van der Waals surface area contributed by atoms with Gasteiger partial charge >= 0.3 is 6.03 Å². The third-order valence-corrected chi connectivity index (χ3v) is 8.07. The van der Waals surface area contributed by atoms with Crippen molar-refractivity contribution in [1.82, 2.24) is 14.5 Å². The quantitative estimate of drug-likeness (QED) is 0.480. The van der Waals surface area contributed by atoms with Crippen molar-refractivity contribution < 1.29 is 27.9 Å². The number of likely N-dealkylation sites (N-methyl/N-ethyl adjacent to an activating group) is 1. The van der Waals surface area contributed by atoms with Gasteiger partial charge in [0.05, 0.1) is 29.7 Å². The molecule has 2 aromatic rings. The average molecular weight is 533 g/mol. The molecule has 0 bridgehead atoms. The zero-order chi connectivity index (χ0) is 27.3. The molecule has 1 aliphatic heterocycles. The molecule has 0 saturated carbocycles. The highest BCUT2D eigenvalue weighted by Gasteiger charge is 2.35. The summed E-state index contributed by atoms with van der Waals surface area (Å²) in [6.45, 7) is 7.35. The van der Waals surface area contributed by atoms with Crippen molar-refractivity contribution >= 4 is 27.6 Å². The molecule has 202 valence electrons. The summed E-state index contributed by atoms with van der Waals surface area (Å²) in [4.78, 5) is 27.5. The van der Waals surface area contributed by atoms with E-state index >= 15 is 0 Å². The molecule has 11 heteroatoms. The van der Waals surface area contributed by atoms with Crippen molar-refractivity contribution in [2.75, 3.05) is 32.1 Å². The number of carbonyl (C=O) groups is 2. The van der Waals surface area contributed by atoms with Crippen LogP contribution in [-0.2, 0) is 10.0 Å². The summed E-state index contributed by atoms with van der Waals surface area (Å²) < 4.78 is 33.8. The maximum absolute atomic E-state index is 13.5. The number of hydrogen-bond donors (Lipinski definition) is 3. The van der Waals surface area contributed by atoms with Gasteiger partial charge in [0.25, 0.3) is 5.91 Å². The highest BCUT2D eigenvalue weighted by molar-refractivity contribution is 7.89. The van der Waals surface area contributed by atoms with Gasteiger partial charge in [-0.1, -0.05) is 25.1 Å². The largest absolute Gasteiger partial charge is 0.488 e. The molecular weight excluding hydrogens is 496 g/mol. The summed E-state index contributed by atoms with van der Waals surface area (Å²) in [5.41, 5.74) is 0.618. The van der Waals surface area contributed by atoms with Gasteiger partial charge in [-0.3, -0.25) is 4.79 Å². The van der Waals surface area contributed by atoms with Gasteiger partial charge in [0.2, 0.25) is 10.0 Å². The number of benzene rings is 2. The number of sulfonamides is 1. The summed E-state index contributed by atoms with van der Waals surface area (Å²) in [5, 5.41) is 15.3. The fourth-order valence-electron chi connectivity index (χ4n) is 4.07. The number of aliphatic hydroxyl groups is 1. The van der Waals surface area contributed by atoms with Crippen LogP contribution in [0.25, 0.3) is 0 Å². The van der Waals surface area contributed by atoms with Gasteiger partial charge in [-0.2, -0.15) is 4.31 Å². The van der Waals surface area contributed by atoms with Gasteiger partial charge in [-0.15, -0.1) is 0 Å². The molecule has 0 aliphatic carbocycles. The van der Waals surface area contributed by atoms with Crippen molar-refractivity contribution in [2.24, 2.45) is 5.92 Å². The van der Waals surface area contributed by atoms with Crippen molar-refractivity contribution in [1.29, 1.82) is 0 Å². The number of nitrogens with one attached hydrogen (secondary N) is 2. The first kappa shape index (κ1) is 28.4. The lowest BCUT2D eigenvalue weighted by Gasteiger charge is -2.38. The lowest BCUT2D eigenvalue weighted by atomic mass is 9.99. The SMILES string of the molecule is CC(C)NC(=O)Nc1ccc2c(c1)C(=O)N([C@H](C)CO)C[C@@H](C)[C@H](CN(C)S(=O)(=O)c1ccccc1)O2. The third kappa shape index (κ3) is 6.79. The molecule has 0 aromatic heterocycles. The highest BCUT2D eigenvalue weighted by Crippen LogP contribution is 2.31. The van der Waals surface area contributed by atoms with E-state index in [1.807, 2.05) is 20.8 Å². The summed E-state index contributed by atoms with van der Waals surface area (Å²) in [6.07, 6.45) is -0.591.